The molecule has 3 nitrogen and oxygen atoms in total. The van der Waals surface area contributed by atoms with Crippen LogP contribution in [0.5, 0.6) is 0 Å². The first-order chi connectivity index (χ1) is 15.7. The van der Waals surface area contributed by atoms with Crippen molar-refractivity contribution in [2.75, 3.05) is 7.05 Å². The standard InChI is InChI=1S/C24H24F7NO2/c1-13-22(15-4-6-19(25)7-5-15)20(8-9-21(33)32(13)3)34-14(2)16-10-17(23(26,27)28)12-18(11-16)24(29,30)31/h4-7,10-14,20,22H,8-9H2,1-3H3/t13-,14+,20-,22+/m0/s1. The summed E-state index contributed by atoms with van der Waals surface area (Å²) in [5.41, 5.74) is -2.48. The molecule has 1 saturated heterocycles. The summed E-state index contributed by atoms with van der Waals surface area (Å²) in [5, 5.41) is 0. The van der Waals surface area contributed by atoms with E-state index < -0.39 is 53.5 Å². The number of halogens is 7. The predicted octanol–water partition coefficient (Wildman–Crippen LogP) is 6.73. The summed E-state index contributed by atoms with van der Waals surface area (Å²) in [7, 11) is 1.61. The number of rotatable bonds is 4. The number of hydrogen-bond donors (Lipinski definition) is 0. The first-order valence-corrected chi connectivity index (χ1v) is 10.6. The topological polar surface area (TPSA) is 29.5 Å². The van der Waals surface area contributed by atoms with E-state index in [1.54, 1.807) is 14.0 Å². The van der Waals surface area contributed by atoms with Crippen LogP contribution in [-0.4, -0.2) is 30.0 Å². The Morgan fingerprint density at radius 2 is 1.50 bits per heavy atom. The summed E-state index contributed by atoms with van der Waals surface area (Å²) in [6.45, 7) is 3.14. The normalized spacial score (nSPS) is 23.1. The van der Waals surface area contributed by atoms with E-state index in [2.05, 4.69) is 0 Å². The van der Waals surface area contributed by atoms with Crippen molar-refractivity contribution in [3.05, 3.63) is 70.5 Å². The number of carbonyl (C=O) groups excluding carboxylic acids is 1. The van der Waals surface area contributed by atoms with Gasteiger partial charge in [0.1, 0.15) is 5.82 Å². The summed E-state index contributed by atoms with van der Waals surface area (Å²) < 4.78 is 99.2. The molecule has 2 aromatic carbocycles. The minimum atomic E-state index is -4.97. The third-order valence-electron chi connectivity index (χ3n) is 6.28. The zero-order chi connectivity index (χ0) is 25.4. The fourth-order valence-electron chi connectivity index (χ4n) is 4.29. The molecule has 0 aromatic heterocycles. The maximum absolute atomic E-state index is 13.5. The van der Waals surface area contributed by atoms with Gasteiger partial charge in [0.15, 0.2) is 0 Å². The van der Waals surface area contributed by atoms with Crippen molar-refractivity contribution in [2.45, 2.75) is 63.2 Å². The highest BCUT2D eigenvalue weighted by atomic mass is 19.4. The number of likely N-dealkylation sites (tertiary alicyclic amines) is 1. The maximum atomic E-state index is 13.5. The molecular weight excluding hydrogens is 467 g/mol. The SMILES string of the molecule is C[C@@H](O[C@H]1CCC(=O)N(C)[C@@H](C)[C@@H]1c1ccc(F)cc1)c1cc(C(F)(F)F)cc(C(F)(F)F)c1. The Hall–Kier alpha value is -2.62. The van der Waals surface area contributed by atoms with E-state index >= 15 is 0 Å². The Morgan fingerprint density at radius 1 is 0.971 bits per heavy atom. The van der Waals surface area contributed by atoms with Crippen molar-refractivity contribution in [1.82, 2.24) is 4.90 Å². The Kier molecular flexibility index (Phi) is 7.31. The van der Waals surface area contributed by atoms with Crippen LogP contribution in [0.15, 0.2) is 42.5 Å². The number of carbonyl (C=O) groups is 1. The molecule has 0 N–H and O–H groups in total. The third-order valence-corrected chi connectivity index (χ3v) is 6.28. The predicted molar refractivity (Wildman–Crippen MR) is 110 cm³/mol. The van der Waals surface area contributed by atoms with Crippen LogP contribution in [0.1, 0.15) is 61.0 Å². The Labute approximate surface area is 192 Å². The largest absolute Gasteiger partial charge is 0.416 e. The zero-order valence-corrected chi connectivity index (χ0v) is 18.7. The molecule has 0 bridgehead atoms. The molecule has 0 aliphatic carbocycles. The molecule has 0 unspecified atom stereocenters. The Morgan fingerprint density at radius 3 is 2.00 bits per heavy atom. The fourth-order valence-corrected chi connectivity index (χ4v) is 4.29. The maximum Gasteiger partial charge on any atom is 0.416 e. The molecule has 34 heavy (non-hydrogen) atoms. The van der Waals surface area contributed by atoms with Gasteiger partial charge in [-0.15, -0.1) is 0 Å². The lowest BCUT2D eigenvalue weighted by molar-refractivity contribution is -0.143. The van der Waals surface area contributed by atoms with E-state index in [-0.39, 0.29) is 30.4 Å². The highest BCUT2D eigenvalue weighted by Crippen LogP contribution is 2.40. The van der Waals surface area contributed by atoms with E-state index in [1.165, 1.54) is 36.1 Å². The van der Waals surface area contributed by atoms with Gasteiger partial charge >= 0.3 is 12.4 Å². The van der Waals surface area contributed by atoms with Crippen LogP contribution in [0, 0.1) is 5.82 Å². The molecule has 4 atom stereocenters. The quantitative estimate of drug-likeness (QED) is 0.444. The summed E-state index contributed by atoms with van der Waals surface area (Å²) in [4.78, 5) is 13.9. The number of amides is 1. The van der Waals surface area contributed by atoms with Crippen LogP contribution in [0.4, 0.5) is 30.7 Å². The van der Waals surface area contributed by atoms with Gasteiger partial charge in [-0.1, -0.05) is 12.1 Å². The van der Waals surface area contributed by atoms with Crippen molar-refractivity contribution in [3.8, 4) is 0 Å². The second-order valence-electron chi connectivity index (χ2n) is 8.52. The molecule has 3 rings (SSSR count). The molecular formula is C24H24F7NO2. The van der Waals surface area contributed by atoms with Crippen molar-refractivity contribution in [2.24, 2.45) is 0 Å². The molecule has 1 fully saturated rings. The van der Waals surface area contributed by atoms with E-state index in [0.29, 0.717) is 17.7 Å². The molecule has 1 aliphatic heterocycles. The summed E-state index contributed by atoms with van der Waals surface area (Å²) in [5.74, 6) is -1.12. The molecule has 2 aromatic rings. The van der Waals surface area contributed by atoms with Gasteiger partial charge in [-0.3, -0.25) is 4.79 Å². The number of hydrogen-bond acceptors (Lipinski definition) is 2. The van der Waals surface area contributed by atoms with Gasteiger partial charge in [-0.2, -0.15) is 26.3 Å². The molecule has 186 valence electrons. The molecule has 0 saturated carbocycles. The first kappa shape index (κ1) is 26.0. The average Bonchev–Trinajstić information content (AvgIpc) is 2.85. The average molecular weight is 491 g/mol. The van der Waals surface area contributed by atoms with Gasteiger partial charge in [0, 0.05) is 25.4 Å². The molecule has 0 radical (unpaired) electrons. The van der Waals surface area contributed by atoms with Crippen LogP contribution in [0.25, 0.3) is 0 Å². The van der Waals surface area contributed by atoms with Crippen LogP contribution < -0.4 is 0 Å². The number of benzene rings is 2. The van der Waals surface area contributed by atoms with Crippen molar-refractivity contribution in [1.29, 1.82) is 0 Å². The minimum absolute atomic E-state index is 0.0683. The smallest absolute Gasteiger partial charge is 0.370 e. The lowest BCUT2D eigenvalue weighted by Crippen LogP contribution is -2.40. The Bertz CT molecular complexity index is 985. The molecule has 0 spiro atoms. The van der Waals surface area contributed by atoms with Crippen LogP contribution in [0.3, 0.4) is 0 Å². The highest BCUT2D eigenvalue weighted by Gasteiger charge is 2.40. The lowest BCUT2D eigenvalue weighted by Gasteiger charge is -2.35. The van der Waals surface area contributed by atoms with Crippen molar-refractivity contribution >= 4 is 5.91 Å². The van der Waals surface area contributed by atoms with Crippen molar-refractivity contribution < 1.29 is 40.3 Å². The fraction of sp³-hybridized carbons (Fsp3) is 0.458. The third kappa shape index (κ3) is 5.71. The Balaban J connectivity index is 2.00. The zero-order valence-electron chi connectivity index (χ0n) is 18.7. The van der Waals surface area contributed by atoms with Crippen molar-refractivity contribution in [3.63, 3.8) is 0 Å². The van der Waals surface area contributed by atoms with E-state index in [1.807, 2.05) is 0 Å². The molecule has 1 heterocycles. The van der Waals surface area contributed by atoms with E-state index in [4.69, 9.17) is 4.74 Å². The van der Waals surface area contributed by atoms with E-state index in [0.717, 1.165) is 0 Å². The second kappa shape index (κ2) is 9.56. The first-order valence-electron chi connectivity index (χ1n) is 10.6. The summed E-state index contributed by atoms with van der Waals surface area (Å²) in [6, 6.07) is 6.51. The van der Waals surface area contributed by atoms with Crippen LogP contribution in [0.2, 0.25) is 0 Å². The monoisotopic (exact) mass is 491 g/mol. The second-order valence-corrected chi connectivity index (χ2v) is 8.52. The summed E-state index contributed by atoms with van der Waals surface area (Å²) >= 11 is 0. The molecule has 1 aliphatic rings. The number of likely N-dealkylation sites (N-methyl/N-ethyl adjacent to an activating group) is 1. The van der Waals surface area contributed by atoms with Crippen LogP contribution >= 0.6 is 0 Å². The van der Waals surface area contributed by atoms with E-state index in [9.17, 15) is 35.5 Å². The molecule has 1 amide bonds. The van der Waals surface area contributed by atoms with Gasteiger partial charge in [-0.25, -0.2) is 4.39 Å². The highest BCUT2D eigenvalue weighted by molar-refractivity contribution is 5.76. The van der Waals surface area contributed by atoms with Gasteiger partial charge < -0.3 is 9.64 Å². The minimum Gasteiger partial charge on any atom is -0.370 e. The summed E-state index contributed by atoms with van der Waals surface area (Å²) in [6.07, 6.45) is -11.5. The molecule has 10 heteroatoms. The van der Waals surface area contributed by atoms with Gasteiger partial charge in [0.05, 0.1) is 23.3 Å². The number of alkyl halides is 6. The number of ether oxygens (including phenoxy) is 1. The van der Waals surface area contributed by atoms with Crippen LogP contribution in [-0.2, 0) is 21.9 Å². The van der Waals surface area contributed by atoms with Gasteiger partial charge in [0.25, 0.3) is 0 Å². The lowest BCUT2D eigenvalue weighted by atomic mass is 9.85. The van der Waals surface area contributed by atoms with Gasteiger partial charge in [0.2, 0.25) is 5.91 Å². The van der Waals surface area contributed by atoms with Gasteiger partial charge in [-0.05, 0) is 61.7 Å². The number of nitrogens with zero attached hydrogens (tertiary/aromatic N) is 1.